The summed E-state index contributed by atoms with van der Waals surface area (Å²) in [4.78, 5) is 22.3. The molecule has 0 aromatic heterocycles. The molecule has 4 nitrogen and oxygen atoms in total. The van der Waals surface area contributed by atoms with Crippen LogP contribution in [0, 0.1) is 0 Å². The Morgan fingerprint density at radius 1 is 1.32 bits per heavy atom. The van der Waals surface area contributed by atoms with Crippen molar-refractivity contribution in [1.82, 2.24) is 5.32 Å². The SMILES string of the molecule is CCCCCOC(=O)C(Cc1ccccc1)N[C]=O. The van der Waals surface area contributed by atoms with Gasteiger partial charge in [0.05, 0.1) is 6.61 Å². The van der Waals surface area contributed by atoms with Gasteiger partial charge in [-0.25, -0.2) is 4.79 Å². The van der Waals surface area contributed by atoms with Gasteiger partial charge >= 0.3 is 12.4 Å². The zero-order valence-corrected chi connectivity index (χ0v) is 11.2. The van der Waals surface area contributed by atoms with Gasteiger partial charge in [0.15, 0.2) is 0 Å². The molecule has 0 aliphatic rings. The number of nitrogens with one attached hydrogen (secondary N) is 1. The van der Waals surface area contributed by atoms with Crippen molar-refractivity contribution in [3.05, 3.63) is 35.9 Å². The predicted molar refractivity (Wildman–Crippen MR) is 73.2 cm³/mol. The number of rotatable bonds is 9. The van der Waals surface area contributed by atoms with Gasteiger partial charge in [0.1, 0.15) is 6.04 Å². The molecule has 0 heterocycles. The maximum atomic E-state index is 11.8. The van der Waals surface area contributed by atoms with E-state index < -0.39 is 12.0 Å². The van der Waals surface area contributed by atoms with E-state index in [0.29, 0.717) is 13.0 Å². The molecule has 103 valence electrons. The van der Waals surface area contributed by atoms with Crippen LogP contribution in [0.2, 0.25) is 0 Å². The standard InChI is InChI=1S/C15H20NO3/c1-2-3-7-10-19-15(18)14(16-12-17)11-13-8-5-4-6-9-13/h4-6,8-9,14H,2-3,7,10-11H2,1H3,(H,16,17). The van der Waals surface area contributed by atoms with Crippen molar-refractivity contribution < 1.29 is 14.3 Å². The number of benzene rings is 1. The zero-order chi connectivity index (χ0) is 13.9. The fourth-order valence-corrected chi connectivity index (χ4v) is 1.74. The molecule has 1 amide bonds. The molecule has 4 heteroatoms. The number of hydrogen-bond donors (Lipinski definition) is 1. The van der Waals surface area contributed by atoms with E-state index in [1.165, 1.54) is 0 Å². The predicted octanol–water partition coefficient (Wildman–Crippen LogP) is 1.99. The Kier molecular flexibility index (Phi) is 7.32. The van der Waals surface area contributed by atoms with Gasteiger partial charge in [-0.1, -0.05) is 50.1 Å². The van der Waals surface area contributed by atoms with Crippen LogP contribution in [0.5, 0.6) is 0 Å². The van der Waals surface area contributed by atoms with E-state index in [0.717, 1.165) is 24.8 Å². The minimum Gasteiger partial charge on any atom is -0.464 e. The van der Waals surface area contributed by atoms with E-state index in [-0.39, 0.29) is 0 Å². The van der Waals surface area contributed by atoms with E-state index in [1.54, 1.807) is 6.41 Å². The lowest BCUT2D eigenvalue weighted by molar-refractivity contribution is -0.145. The van der Waals surface area contributed by atoms with Crippen molar-refractivity contribution in [2.45, 2.75) is 38.6 Å². The van der Waals surface area contributed by atoms with Crippen molar-refractivity contribution in [1.29, 1.82) is 0 Å². The van der Waals surface area contributed by atoms with Gasteiger partial charge in [0.2, 0.25) is 0 Å². The molecule has 1 rings (SSSR count). The highest BCUT2D eigenvalue weighted by Crippen LogP contribution is 2.05. The molecule has 1 unspecified atom stereocenters. The van der Waals surface area contributed by atoms with Crippen LogP contribution in [0.15, 0.2) is 30.3 Å². The summed E-state index contributed by atoms with van der Waals surface area (Å²) < 4.78 is 5.15. The van der Waals surface area contributed by atoms with Gasteiger partial charge < -0.3 is 10.1 Å². The van der Waals surface area contributed by atoms with Crippen molar-refractivity contribution in [2.75, 3.05) is 6.61 Å². The molecule has 0 aliphatic heterocycles. The molecule has 1 aromatic carbocycles. The summed E-state index contributed by atoms with van der Waals surface area (Å²) in [5.74, 6) is -0.400. The number of hydrogen-bond acceptors (Lipinski definition) is 3. The van der Waals surface area contributed by atoms with E-state index in [2.05, 4.69) is 12.2 Å². The summed E-state index contributed by atoms with van der Waals surface area (Å²) in [6.45, 7) is 2.49. The third-order valence-electron chi connectivity index (χ3n) is 2.79. The molecule has 1 N–H and O–H groups in total. The zero-order valence-electron chi connectivity index (χ0n) is 11.2. The van der Waals surface area contributed by atoms with E-state index in [1.807, 2.05) is 30.3 Å². The lowest BCUT2D eigenvalue weighted by Crippen LogP contribution is -2.39. The van der Waals surface area contributed by atoms with Crippen LogP contribution in [-0.4, -0.2) is 25.0 Å². The highest BCUT2D eigenvalue weighted by Gasteiger charge is 2.19. The molecule has 0 saturated carbocycles. The number of unbranched alkanes of at least 4 members (excludes halogenated alkanes) is 2. The maximum absolute atomic E-state index is 11.8. The number of ether oxygens (including phenoxy) is 1. The normalized spacial score (nSPS) is 11.6. The van der Waals surface area contributed by atoms with Gasteiger partial charge in [-0.05, 0) is 12.0 Å². The van der Waals surface area contributed by atoms with Crippen LogP contribution in [-0.2, 0) is 20.7 Å². The van der Waals surface area contributed by atoms with Crippen LogP contribution >= 0.6 is 0 Å². The smallest absolute Gasteiger partial charge is 0.328 e. The topological polar surface area (TPSA) is 55.4 Å². The molecule has 1 radical (unpaired) electrons. The summed E-state index contributed by atoms with van der Waals surface area (Å²) >= 11 is 0. The number of amides is 1. The average Bonchev–Trinajstić information content (AvgIpc) is 2.44. The molecule has 0 fully saturated rings. The molecule has 1 atom stereocenters. The van der Waals surface area contributed by atoms with Crippen molar-refractivity contribution in [2.24, 2.45) is 0 Å². The molecule has 19 heavy (non-hydrogen) atoms. The second-order valence-electron chi connectivity index (χ2n) is 4.36. The van der Waals surface area contributed by atoms with Crippen molar-refractivity contribution in [3.8, 4) is 0 Å². The minimum atomic E-state index is -0.665. The van der Waals surface area contributed by atoms with Gasteiger partial charge in [-0.2, -0.15) is 0 Å². The first-order chi connectivity index (χ1) is 9.27. The second kappa shape index (κ2) is 9.14. The average molecular weight is 262 g/mol. The Hall–Kier alpha value is -1.84. The summed E-state index contributed by atoms with van der Waals surface area (Å²) in [7, 11) is 0. The lowest BCUT2D eigenvalue weighted by atomic mass is 10.1. The summed E-state index contributed by atoms with van der Waals surface area (Å²) in [6.07, 6.45) is 4.95. The van der Waals surface area contributed by atoms with Crippen LogP contribution in [0.3, 0.4) is 0 Å². The fourth-order valence-electron chi connectivity index (χ4n) is 1.74. The van der Waals surface area contributed by atoms with E-state index >= 15 is 0 Å². The molecular weight excluding hydrogens is 242 g/mol. The largest absolute Gasteiger partial charge is 0.464 e. The Balaban J connectivity index is 2.47. The van der Waals surface area contributed by atoms with Gasteiger partial charge in [0, 0.05) is 6.42 Å². The van der Waals surface area contributed by atoms with Crippen molar-refractivity contribution in [3.63, 3.8) is 0 Å². The highest BCUT2D eigenvalue weighted by atomic mass is 16.5. The number of esters is 1. The third kappa shape index (κ3) is 6.04. The summed E-state index contributed by atoms with van der Waals surface area (Å²) in [6, 6.07) is 8.84. The molecule has 1 aromatic rings. The molecule has 0 bridgehead atoms. The molecule has 0 spiro atoms. The monoisotopic (exact) mass is 262 g/mol. The Bertz CT molecular complexity index is 378. The van der Waals surface area contributed by atoms with Gasteiger partial charge in [0.25, 0.3) is 0 Å². The molecular formula is C15H20NO3. The van der Waals surface area contributed by atoms with E-state index in [9.17, 15) is 9.59 Å². The Labute approximate surface area is 114 Å². The number of carbonyl (C=O) groups excluding carboxylic acids is 2. The first kappa shape index (κ1) is 15.2. The first-order valence-electron chi connectivity index (χ1n) is 6.61. The maximum Gasteiger partial charge on any atom is 0.328 e. The van der Waals surface area contributed by atoms with Crippen LogP contribution in [0.4, 0.5) is 0 Å². The van der Waals surface area contributed by atoms with Crippen LogP contribution in [0.25, 0.3) is 0 Å². The molecule has 0 saturated heterocycles. The Morgan fingerprint density at radius 2 is 2.05 bits per heavy atom. The van der Waals surface area contributed by atoms with Gasteiger partial charge in [-0.3, -0.25) is 4.79 Å². The Morgan fingerprint density at radius 3 is 2.68 bits per heavy atom. The summed E-state index contributed by atoms with van der Waals surface area (Å²) in [5.41, 5.74) is 0.973. The van der Waals surface area contributed by atoms with Crippen LogP contribution < -0.4 is 5.32 Å². The quantitative estimate of drug-likeness (QED) is 0.420. The first-order valence-corrected chi connectivity index (χ1v) is 6.61. The van der Waals surface area contributed by atoms with E-state index in [4.69, 9.17) is 4.74 Å². The summed E-state index contributed by atoms with van der Waals surface area (Å²) in [5, 5.41) is 2.39. The van der Waals surface area contributed by atoms with Gasteiger partial charge in [-0.15, -0.1) is 0 Å². The molecule has 0 aliphatic carbocycles. The minimum absolute atomic E-state index is 0.400. The number of carbonyl (C=O) groups is 1. The lowest BCUT2D eigenvalue weighted by Gasteiger charge is -2.14. The third-order valence-corrected chi connectivity index (χ3v) is 2.79. The van der Waals surface area contributed by atoms with Crippen molar-refractivity contribution >= 4 is 12.4 Å². The fraction of sp³-hybridized carbons (Fsp3) is 0.467. The van der Waals surface area contributed by atoms with Crippen LogP contribution in [0.1, 0.15) is 31.7 Å². The second-order valence-corrected chi connectivity index (χ2v) is 4.36. The highest BCUT2D eigenvalue weighted by molar-refractivity contribution is 5.78.